The second-order valence-corrected chi connectivity index (χ2v) is 7.24. The predicted octanol–water partition coefficient (Wildman–Crippen LogP) is 2.90. The number of carbonyl (C=O) groups excluding carboxylic acids is 2. The fourth-order valence-corrected chi connectivity index (χ4v) is 3.72. The molecule has 3 rings (SSSR count). The zero-order chi connectivity index (χ0) is 20.9. The van der Waals surface area contributed by atoms with Crippen molar-refractivity contribution in [1.29, 1.82) is 0 Å². The van der Waals surface area contributed by atoms with E-state index in [1.807, 2.05) is 16.8 Å². The van der Waals surface area contributed by atoms with Crippen LogP contribution in [0.2, 0.25) is 0 Å². The van der Waals surface area contributed by atoms with Gasteiger partial charge in [-0.05, 0) is 46.7 Å². The van der Waals surface area contributed by atoms with Crippen LogP contribution in [0.4, 0.5) is 18.9 Å². The summed E-state index contributed by atoms with van der Waals surface area (Å²) in [7, 11) is 0. The van der Waals surface area contributed by atoms with Crippen molar-refractivity contribution in [3.05, 3.63) is 52.2 Å². The minimum absolute atomic E-state index is 0.0898. The Balaban J connectivity index is 1.57. The van der Waals surface area contributed by atoms with Gasteiger partial charge in [0.15, 0.2) is 0 Å². The van der Waals surface area contributed by atoms with E-state index in [4.69, 9.17) is 4.74 Å². The number of anilines is 1. The zero-order valence-electron chi connectivity index (χ0n) is 15.4. The average molecular weight is 427 g/mol. The van der Waals surface area contributed by atoms with E-state index in [-0.39, 0.29) is 18.3 Å². The minimum Gasteiger partial charge on any atom is -0.379 e. The van der Waals surface area contributed by atoms with Crippen LogP contribution in [0.5, 0.6) is 0 Å². The number of ether oxygens (including phenoxy) is 1. The van der Waals surface area contributed by atoms with E-state index in [1.54, 1.807) is 11.3 Å². The van der Waals surface area contributed by atoms with Crippen molar-refractivity contribution >= 4 is 28.8 Å². The maximum atomic E-state index is 12.6. The fraction of sp³-hybridized carbons (Fsp3) is 0.368. The Morgan fingerprint density at radius 2 is 1.79 bits per heavy atom. The number of carbonyl (C=O) groups is 2. The second kappa shape index (κ2) is 9.38. The molecule has 6 nitrogen and oxygen atoms in total. The molecular weight excluding hydrogens is 407 g/mol. The molecule has 1 aliphatic heterocycles. The molecule has 156 valence electrons. The lowest BCUT2D eigenvalue weighted by molar-refractivity contribution is -0.137. The summed E-state index contributed by atoms with van der Waals surface area (Å²) in [6.45, 7) is 2.87. The van der Waals surface area contributed by atoms with Crippen LogP contribution >= 0.6 is 11.3 Å². The number of rotatable bonds is 5. The molecule has 2 heterocycles. The van der Waals surface area contributed by atoms with Gasteiger partial charge in [-0.2, -0.15) is 24.5 Å². The molecule has 29 heavy (non-hydrogen) atoms. The fourth-order valence-electron chi connectivity index (χ4n) is 3.01. The summed E-state index contributed by atoms with van der Waals surface area (Å²) in [6.07, 6.45) is -4.46. The topological polar surface area (TPSA) is 70.7 Å². The number of benzene rings is 1. The summed E-state index contributed by atoms with van der Waals surface area (Å²) in [5, 5.41) is 8.86. The van der Waals surface area contributed by atoms with Gasteiger partial charge in [-0.25, -0.2) is 0 Å². The van der Waals surface area contributed by atoms with Crippen LogP contribution < -0.4 is 10.6 Å². The molecule has 0 radical (unpaired) electrons. The Morgan fingerprint density at radius 3 is 2.38 bits per heavy atom. The lowest BCUT2D eigenvalue weighted by Gasteiger charge is -2.34. The molecule has 1 saturated heterocycles. The van der Waals surface area contributed by atoms with Gasteiger partial charge >= 0.3 is 18.0 Å². The first-order chi connectivity index (χ1) is 13.8. The number of nitrogens with zero attached hydrogens (tertiary/aromatic N) is 1. The average Bonchev–Trinajstić information content (AvgIpc) is 3.23. The van der Waals surface area contributed by atoms with Crippen molar-refractivity contribution in [3.63, 3.8) is 0 Å². The van der Waals surface area contributed by atoms with Gasteiger partial charge < -0.3 is 15.4 Å². The first kappa shape index (κ1) is 21.3. The monoisotopic (exact) mass is 427 g/mol. The number of halogens is 3. The third-order valence-electron chi connectivity index (χ3n) is 4.55. The van der Waals surface area contributed by atoms with E-state index in [0.29, 0.717) is 26.3 Å². The maximum absolute atomic E-state index is 12.6. The van der Waals surface area contributed by atoms with Crippen LogP contribution in [0.3, 0.4) is 0 Å². The van der Waals surface area contributed by atoms with E-state index < -0.39 is 23.6 Å². The van der Waals surface area contributed by atoms with Crippen molar-refractivity contribution < 1.29 is 27.5 Å². The molecule has 2 N–H and O–H groups in total. The van der Waals surface area contributed by atoms with Crippen LogP contribution in [-0.4, -0.2) is 49.6 Å². The van der Waals surface area contributed by atoms with Gasteiger partial charge in [0.25, 0.3) is 0 Å². The van der Waals surface area contributed by atoms with Crippen molar-refractivity contribution in [2.45, 2.75) is 12.2 Å². The Bertz CT molecular complexity index is 819. The van der Waals surface area contributed by atoms with Gasteiger partial charge in [-0.15, -0.1) is 0 Å². The van der Waals surface area contributed by atoms with Crippen LogP contribution in [0.15, 0.2) is 41.1 Å². The third-order valence-corrected chi connectivity index (χ3v) is 5.25. The van der Waals surface area contributed by atoms with Crippen LogP contribution in [0.1, 0.15) is 17.2 Å². The maximum Gasteiger partial charge on any atom is 0.416 e. The molecule has 0 spiro atoms. The highest BCUT2D eigenvalue weighted by Gasteiger charge is 2.30. The molecule has 2 aromatic rings. The predicted molar refractivity (Wildman–Crippen MR) is 103 cm³/mol. The number of morpholine rings is 1. The van der Waals surface area contributed by atoms with E-state index in [2.05, 4.69) is 15.5 Å². The number of alkyl halides is 3. The molecule has 1 aromatic heterocycles. The van der Waals surface area contributed by atoms with E-state index >= 15 is 0 Å². The van der Waals surface area contributed by atoms with Gasteiger partial charge in [-0.1, -0.05) is 0 Å². The standard InChI is InChI=1S/C19H20F3N3O3S/c20-19(21,22)14-1-3-15(4-2-14)24-18(27)17(26)23-11-16(13-5-10-29-12-13)25-6-8-28-9-7-25/h1-5,10,12,16H,6-9,11H2,(H,23,26)(H,24,27)/t16-/m1/s1. The number of hydrogen-bond acceptors (Lipinski definition) is 5. The van der Waals surface area contributed by atoms with E-state index in [1.165, 1.54) is 0 Å². The third kappa shape index (κ3) is 5.78. The molecule has 1 aromatic carbocycles. The van der Waals surface area contributed by atoms with Crippen molar-refractivity contribution in [3.8, 4) is 0 Å². The van der Waals surface area contributed by atoms with Crippen molar-refractivity contribution in [1.82, 2.24) is 10.2 Å². The smallest absolute Gasteiger partial charge is 0.379 e. The molecular formula is C19H20F3N3O3S. The Hall–Kier alpha value is -2.43. The summed E-state index contributed by atoms with van der Waals surface area (Å²) < 4.78 is 43.1. The Morgan fingerprint density at radius 1 is 1.10 bits per heavy atom. The van der Waals surface area contributed by atoms with Gasteiger partial charge in [-0.3, -0.25) is 14.5 Å². The van der Waals surface area contributed by atoms with E-state index in [9.17, 15) is 22.8 Å². The summed E-state index contributed by atoms with van der Waals surface area (Å²) >= 11 is 1.55. The van der Waals surface area contributed by atoms with Gasteiger partial charge in [0.2, 0.25) is 0 Å². The first-order valence-corrected chi connectivity index (χ1v) is 9.89. The largest absolute Gasteiger partial charge is 0.416 e. The zero-order valence-corrected chi connectivity index (χ0v) is 16.2. The minimum atomic E-state index is -4.46. The summed E-state index contributed by atoms with van der Waals surface area (Å²) in [4.78, 5) is 26.5. The normalized spacial score (nSPS) is 16.2. The summed E-state index contributed by atoms with van der Waals surface area (Å²) in [6, 6.07) is 5.79. The molecule has 1 atom stereocenters. The lowest BCUT2D eigenvalue weighted by atomic mass is 10.1. The highest BCUT2D eigenvalue weighted by atomic mass is 32.1. The van der Waals surface area contributed by atoms with Crippen LogP contribution in [0, 0.1) is 0 Å². The van der Waals surface area contributed by atoms with Crippen LogP contribution in [0.25, 0.3) is 0 Å². The second-order valence-electron chi connectivity index (χ2n) is 6.46. The summed E-state index contributed by atoms with van der Waals surface area (Å²) in [5.41, 5.74) is 0.324. The number of hydrogen-bond donors (Lipinski definition) is 2. The van der Waals surface area contributed by atoms with Crippen molar-refractivity contribution in [2.24, 2.45) is 0 Å². The molecule has 2 amide bonds. The number of nitrogens with one attached hydrogen (secondary N) is 2. The molecule has 10 heteroatoms. The first-order valence-electron chi connectivity index (χ1n) is 8.95. The number of amides is 2. The molecule has 1 fully saturated rings. The van der Waals surface area contributed by atoms with Gasteiger partial charge in [0.1, 0.15) is 0 Å². The highest BCUT2D eigenvalue weighted by molar-refractivity contribution is 7.08. The summed E-state index contributed by atoms with van der Waals surface area (Å²) in [5.74, 6) is -1.78. The molecule has 1 aliphatic rings. The highest BCUT2D eigenvalue weighted by Crippen LogP contribution is 2.29. The molecule has 0 saturated carbocycles. The lowest BCUT2D eigenvalue weighted by Crippen LogP contribution is -2.45. The van der Waals surface area contributed by atoms with Gasteiger partial charge in [0.05, 0.1) is 24.8 Å². The molecule has 0 bridgehead atoms. The quantitative estimate of drug-likeness (QED) is 0.720. The van der Waals surface area contributed by atoms with Gasteiger partial charge in [0, 0.05) is 25.3 Å². The van der Waals surface area contributed by atoms with Crippen molar-refractivity contribution in [2.75, 3.05) is 38.2 Å². The SMILES string of the molecule is O=C(NC[C@H](c1ccsc1)N1CCOCC1)C(=O)Nc1ccc(C(F)(F)F)cc1. The Labute approximate surface area is 169 Å². The molecule has 0 unspecified atom stereocenters. The van der Waals surface area contributed by atoms with E-state index in [0.717, 1.165) is 29.8 Å². The Kier molecular flexibility index (Phi) is 6.88. The molecule has 0 aliphatic carbocycles. The van der Waals surface area contributed by atoms with Crippen LogP contribution in [-0.2, 0) is 20.5 Å². The number of thiophene rings is 1.